The summed E-state index contributed by atoms with van der Waals surface area (Å²) in [6.45, 7) is 5.39. The number of ether oxygens (including phenoxy) is 2. The SMILES string of the molecule is COc1ccc(C(CC(=O)OC(C)C)NC(=O)c2ccc3c(c2)NC(=O)C(C)S3)cc1. The van der Waals surface area contributed by atoms with E-state index in [-0.39, 0.29) is 29.6 Å². The van der Waals surface area contributed by atoms with Gasteiger partial charge >= 0.3 is 5.97 Å². The Bertz CT molecular complexity index is 974. The molecule has 1 aliphatic rings. The molecule has 2 aromatic rings. The lowest BCUT2D eigenvalue weighted by Crippen LogP contribution is -2.31. The van der Waals surface area contributed by atoms with Gasteiger partial charge < -0.3 is 20.1 Å². The molecule has 2 N–H and O–H groups in total. The summed E-state index contributed by atoms with van der Waals surface area (Å²) in [5, 5.41) is 5.56. The summed E-state index contributed by atoms with van der Waals surface area (Å²) in [5.74, 6) is -0.170. The Balaban J connectivity index is 1.81. The molecule has 2 atom stereocenters. The zero-order valence-electron chi connectivity index (χ0n) is 17.9. The maximum atomic E-state index is 13.0. The normalized spacial score (nSPS) is 16.2. The summed E-state index contributed by atoms with van der Waals surface area (Å²) in [4.78, 5) is 38.1. The van der Waals surface area contributed by atoms with Gasteiger partial charge in [-0.3, -0.25) is 14.4 Å². The maximum Gasteiger partial charge on any atom is 0.308 e. The summed E-state index contributed by atoms with van der Waals surface area (Å²) >= 11 is 1.45. The van der Waals surface area contributed by atoms with Crippen LogP contribution in [0.5, 0.6) is 5.75 Å². The number of rotatable bonds is 7. The van der Waals surface area contributed by atoms with Crippen molar-refractivity contribution in [1.29, 1.82) is 0 Å². The standard InChI is InChI=1S/C23H26N2O5S/c1-13(2)30-21(26)12-18(15-5-8-17(29-4)9-6-15)24-23(28)16-7-10-20-19(11-16)25-22(27)14(3)31-20/h5-11,13-14,18H,12H2,1-4H3,(H,24,28)(H,25,27). The molecule has 3 rings (SSSR count). The van der Waals surface area contributed by atoms with E-state index < -0.39 is 12.0 Å². The van der Waals surface area contributed by atoms with Crippen molar-refractivity contribution in [2.45, 2.75) is 49.5 Å². The monoisotopic (exact) mass is 442 g/mol. The minimum atomic E-state index is -0.579. The number of carbonyl (C=O) groups excluding carboxylic acids is 3. The van der Waals surface area contributed by atoms with Crippen LogP contribution in [0.3, 0.4) is 0 Å². The number of nitrogens with one attached hydrogen (secondary N) is 2. The van der Waals surface area contributed by atoms with Gasteiger partial charge in [-0.05, 0) is 56.7 Å². The number of carbonyl (C=O) groups is 3. The molecule has 31 heavy (non-hydrogen) atoms. The van der Waals surface area contributed by atoms with Crippen LogP contribution in [0, 0.1) is 0 Å². The number of methoxy groups -OCH3 is 1. The first-order chi connectivity index (χ1) is 14.8. The lowest BCUT2D eigenvalue weighted by atomic mass is 10.0. The van der Waals surface area contributed by atoms with E-state index in [2.05, 4.69) is 10.6 Å². The first-order valence-corrected chi connectivity index (χ1v) is 10.9. The molecule has 0 spiro atoms. The maximum absolute atomic E-state index is 13.0. The Kier molecular flexibility index (Phi) is 7.22. The first kappa shape index (κ1) is 22.7. The molecule has 0 bridgehead atoms. The van der Waals surface area contributed by atoms with Crippen LogP contribution in [-0.4, -0.2) is 36.2 Å². The van der Waals surface area contributed by atoms with Gasteiger partial charge in [-0.25, -0.2) is 0 Å². The fourth-order valence-corrected chi connectivity index (χ4v) is 4.09. The Hall–Kier alpha value is -3.00. The molecule has 0 fully saturated rings. The van der Waals surface area contributed by atoms with Crippen LogP contribution in [0.4, 0.5) is 5.69 Å². The molecule has 0 saturated carbocycles. The van der Waals surface area contributed by atoms with Crippen LogP contribution < -0.4 is 15.4 Å². The highest BCUT2D eigenvalue weighted by Crippen LogP contribution is 2.36. The van der Waals surface area contributed by atoms with E-state index >= 15 is 0 Å². The number of thioether (sulfide) groups is 1. The fourth-order valence-electron chi connectivity index (χ4n) is 3.16. The molecule has 0 saturated heterocycles. The number of hydrogen-bond donors (Lipinski definition) is 2. The highest BCUT2D eigenvalue weighted by atomic mass is 32.2. The molecule has 0 aliphatic carbocycles. The third-order valence-corrected chi connectivity index (χ3v) is 5.91. The van der Waals surface area contributed by atoms with Gasteiger partial charge in [0, 0.05) is 10.5 Å². The van der Waals surface area contributed by atoms with Crippen molar-refractivity contribution < 1.29 is 23.9 Å². The van der Waals surface area contributed by atoms with E-state index in [1.807, 2.05) is 13.0 Å². The number of amides is 2. The molecular formula is C23H26N2O5S. The summed E-state index contributed by atoms with van der Waals surface area (Å²) in [7, 11) is 1.57. The lowest BCUT2D eigenvalue weighted by Gasteiger charge is -2.23. The summed E-state index contributed by atoms with van der Waals surface area (Å²) < 4.78 is 10.5. The van der Waals surface area contributed by atoms with Gasteiger partial charge in [0.25, 0.3) is 5.91 Å². The van der Waals surface area contributed by atoms with Gasteiger partial charge in [0.1, 0.15) is 5.75 Å². The van der Waals surface area contributed by atoms with Crippen molar-refractivity contribution >= 4 is 35.2 Å². The Morgan fingerprint density at radius 3 is 2.52 bits per heavy atom. The van der Waals surface area contributed by atoms with Crippen molar-refractivity contribution in [2.75, 3.05) is 12.4 Å². The largest absolute Gasteiger partial charge is 0.497 e. The minimum Gasteiger partial charge on any atom is -0.497 e. The van der Waals surface area contributed by atoms with E-state index in [0.717, 1.165) is 10.5 Å². The Morgan fingerprint density at radius 2 is 1.87 bits per heavy atom. The van der Waals surface area contributed by atoms with Gasteiger partial charge in [0.05, 0.1) is 36.6 Å². The van der Waals surface area contributed by atoms with Crippen LogP contribution in [0.1, 0.15) is 49.2 Å². The fraction of sp³-hybridized carbons (Fsp3) is 0.348. The number of fused-ring (bicyclic) bond motifs is 1. The topological polar surface area (TPSA) is 93.7 Å². The second-order valence-electron chi connectivity index (χ2n) is 7.50. The van der Waals surface area contributed by atoms with E-state index in [4.69, 9.17) is 9.47 Å². The zero-order valence-corrected chi connectivity index (χ0v) is 18.7. The molecule has 1 aliphatic heterocycles. The van der Waals surface area contributed by atoms with Crippen LogP contribution in [0.25, 0.3) is 0 Å². The number of anilines is 1. The van der Waals surface area contributed by atoms with E-state index in [1.54, 1.807) is 57.4 Å². The van der Waals surface area contributed by atoms with Crippen molar-refractivity contribution in [3.05, 3.63) is 53.6 Å². The van der Waals surface area contributed by atoms with Gasteiger partial charge in [0.2, 0.25) is 5.91 Å². The predicted octanol–water partition coefficient (Wildman–Crippen LogP) is 3.94. The van der Waals surface area contributed by atoms with Crippen LogP contribution in [0.2, 0.25) is 0 Å². The number of esters is 1. The summed E-state index contributed by atoms with van der Waals surface area (Å²) in [6, 6.07) is 11.8. The molecule has 164 valence electrons. The predicted molar refractivity (Wildman–Crippen MR) is 119 cm³/mol. The second-order valence-corrected chi connectivity index (χ2v) is 8.88. The average Bonchev–Trinajstić information content (AvgIpc) is 2.73. The summed E-state index contributed by atoms with van der Waals surface area (Å²) in [6.07, 6.45) is -0.255. The van der Waals surface area contributed by atoms with Gasteiger partial charge in [-0.15, -0.1) is 11.8 Å². The van der Waals surface area contributed by atoms with E-state index in [0.29, 0.717) is 17.0 Å². The average molecular weight is 443 g/mol. The van der Waals surface area contributed by atoms with Crippen LogP contribution in [0.15, 0.2) is 47.4 Å². The molecule has 8 heteroatoms. The quantitative estimate of drug-likeness (QED) is 0.631. The third-order valence-electron chi connectivity index (χ3n) is 4.73. The van der Waals surface area contributed by atoms with Crippen molar-refractivity contribution in [3.63, 3.8) is 0 Å². The molecule has 1 heterocycles. The molecular weight excluding hydrogens is 416 g/mol. The molecule has 7 nitrogen and oxygen atoms in total. The van der Waals surface area contributed by atoms with Gasteiger partial charge in [-0.2, -0.15) is 0 Å². The highest BCUT2D eigenvalue weighted by molar-refractivity contribution is 8.00. The molecule has 2 unspecified atom stereocenters. The lowest BCUT2D eigenvalue weighted by molar-refractivity contribution is -0.148. The summed E-state index contributed by atoms with van der Waals surface area (Å²) in [5.41, 5.74) is 1.76. The molecule has 0 radical (unpaired) electrons. The van der Waals surface area contributed by atoms with Crippen molar-refractivity contribution in [3.8, 4) is 5.75 Å². The van der Waals surface area contributed by atoms with Gasteiger partial charge in [-0.1, -0.05) is 12.1 Å². The third kappa shape index (κ3) is 5.79. The smallest absolute Gasteiger partial charge is 0.308 e. The van der Waals surface area contributed by atoms with Crippen LogP contribution >= 0.6 is 11.8 Å². The van der Waals surface area contributed by atoms with Crippen molar-refractivity contribution in [2.24, 2.45) is 0 Å². The number of benzene rings is 2. The van der Waals surface area contributed by atoms with Gasteiger partial charge in [0.15, 0.2) is 0 Å². The second kappa shape index (κ2) is 9.87. The molecule has 2 aromatic carbocycles. The molecule has 0 aromatic heterocycles. The zero-order chi connectivity index (χ0) is 22.5. The Labute approximate surface area is 185 Å². The van der Waals surface area contributed by atoms with Crippen molar-refractivity contribution in [1.82, 2.24) is 5.32 Å². The Morgan fingerprint density at radius 1 is 1.16 bits per heavy atom. The van der Waals surface area contributed by atoms with E-state index in [9.17, 15) is 14.4 Å². The molecule has 2 amide bonds. The highest BCUT2D eigenvalue weighted by Gasteiger charge is 2.25. The minimum absolute atomic E-state index is 0.00864. The first-order valence-electron chi connectivity index (χ1n) is 10.0. The number of hydrogen-bond acceptors (Lipinski definition) is 6. The van der Waals surface area contributed by atoms with E-state index in [1.165, 1.54) is 11.8 Å². The van der Waals surface area contributed by atoms with Crippen LogP contribution in [-0.2, 0) is 14.3 Å².